The molecule has 0 atom stereocenters. The van der Waals surface area contributed by atoms with Crippen LogP contribution >= 0.6 is 0 Å². The summed E-state index contributed by atoms with van der Waals surface area (Å²) in [6.45, 7) is 14.2. The van der Waals surface area contributed by atoms with Crippen molar-refractivity contribution >= 4 is 11.0 Å². The second-order valence-electron chi connectivity index (χ2n) is 9.38. The van der Waals surface area contributed by atoms with E-state index in [1.54, 1.807) is 0 Å². The van der Waals surface area contributed by atoms with Gasteiger partial charge in [0.15, 0.2) is 5.76 Å². The Morgan fingerprint density at radius 3 is 2.03 bits per heavy atom. The van der Waals surface area contributed by atoms with Crippen molar-refractivity contribution in [3.05, 3.63) is 80.8 Å². The van der Waals surface area contributed by atoms with Crippen molar-refractivity contribution in [2.45, 2.75) is 53.9 Å². The predicted octanol–water partition coefficient (Wildman–Crippen LogP) is 6.57. The highest BCUT2D eigenvalue weighted by Crippen LogP contribution is 2.35. The monoisotopic (exact) mass is 428 g/mol. The van der Waals surface area contributed by atoms with Gasteiger partial charge in [0.05, 0.1) is 5.39 Å². The second kappa shape index (κ2) is 7.90. The number of aryl methyl sites for hydroxylation is 4. The maximum atomic E-state index is 13.5. The molecular weight excluding hydrogens is 400 g/mol. The summed E-state index contributed by atoms with van der Waals surface area (Å²) in [5.74, 6) is 0.461. The molecule has 0 amide bonds. The molecule has 0 N–H and O–H groups in total. The molecule has 4 rings (SSSR count). The third-order valence-corrected chi connectivity index (χ3v) is 5.63. The van der Waals surface area contributed by atoms with Gasteiger partial charge in [-0.3, -0.25) is 4.79 Å². The Hall–Kier alpha value is -3.47. The summed E-state index contributed by atoms with van der Waals surface area (Å²) in [5.41, 5.74) is 5.85. The van der Waals surface area contributed by atoms with Crippen molar-refractivity contribution in [3.8, 4) is 23.1 Å². The predicted molar refractivity (Wildman–Crippen MR) is 128 cm³/mol. The second-order valence-corrected chi connectivity index (χ2v) is 9.38. The molecule has 0 radical (unpaired) electrons. The van der Waals surface area contributed by atoms with Crippen LogP contribution in [0.15, 0.2) is 51.7 Å². The maximum absolute atomic E-state index is 13.5. The molecule has 0 saturated heterocycles. The molecule has 0 bridgehead atoms. The smallest absolute Gasteiger partial charge is 0.322 e. The Morgan fingerprint density at radius 1 is 0.844 bits per heavy atom. The SMILES string of the molecule is Cc1cc(C)nc(Oc2c(-c3ccc(C(C)(C)C)cc3)oc3cc(C)c(C)cc3c2=O)n1. The highest BCUT2D eigenvalue weighted by Gasteiger charge is 2.21. The Bertz CT molecular complexity index is 1360. The standard InChI is InChI=1S/C27H28N2O3/c1-15-12-21-22(13-16(15)2)31-24(19-8-10-20(11-9-19)27(5,6)7)25(23(21)30)32-26-28-17(3)14-18(4)29-26/h8-14H,1-7H3. The molecule has 5 nitrogen and oxygen atoms in total. The highest BCUT2D eigenvalue weighted by atomic mass is 16.5. The van der Waals surface area contributed by atoms with Gasteiger partial charge in [-0.15, -0.1) is 0 Å². The first-order valence-corrected chi connectivity index (χ1v) is 10.7. The van der Waals surface area contributed by atoms with Crippen LogP contribution in [-0.4, -0.2) is 9.97 Å². The average Bonchev–Trinajstić information content (AvgIpc) is 2.70. The molecule has 2 aromatic heterocycles. The van der Waals surface area contributed by atoms with E-state index in [2.05, 4.69) is 42.9 Å². The van der Waals surface area contributed by atoms with E-state index in [1.807, 2.05) is 58.0 Å². The normalized spacial score (nSPS) is 11.7. The van der Waals surface area contributed by atoms with Crippen molar-refractivity contribution in [1.82, 2.24) is 9.97 Å². The number of hydrogen-bond donors (Lipinski definition) is 0. The van der Waals surface area contributed by atoms with Crippen molar-refractivity contribution in [2.24, 2.45) is 0 Å². The molecule has 0 saturated carbocycles. The lowest BCUT2D eigenvalue weighted by Gasteiger charge is -2.19. The Balaban J connectivity index is 1.96. The highest BCUT2D eigenvalue weighted by molar-refractivity contribution is 5.83. The molecule has 164 valence electrons. The summed E-state index contributed by atoms with van der Waals surface area (Å²) >= 11 is 0. The van der Waals surface area contributed by atoms with E-state index in [0.717, 1.165) is 28.1 Å². The van der Waals surface area contributed by atoms with E-state index < -0.39 is 0 Å². The number of hydrogen-bond acceptors (Lipinski definition) is 5. The van der Waals surface area contributed by atoms with Crippen LogP contribution in [0.3, 0.4) is 0 Å². The molecular formula is C27H28N2O3. The summed E-state index contributed by atoms with van der Waals surface area (Å²) in [7, 11) is 0. The van der Waals surface area contributed by atoms with E-state index in [1.165, 1.54) is 5.56 Å². The minimum atomic E-state index is -0.244. The lowest BCUT2D eigenvalue weighted by atomic mass is 9.86. The molecule has 2 aromatic carbocycles. The van der Waals surface area contributed by atoms with Gasteiger partial charge in [-0.2, -0.15) is 0 Å². The first-order chi connectivity index (χ1) is 15.0. The summed E-state index contributed by atoms with van der Waals surface area (Å²) < 4.78 is 12.3. The van der Waals surface area contributed by atoms with Gasteiger partial charge >= 0.3 is 6.01 Å². The lowest BCUT2D eigenvalue weighted by Crippen LogP contribution is -2.11. The van der Waals surface area contributed by atoms with Crippen LogP contribution < -0.4 is 10.2 Å². The van der Waals surface area contributed by atoms with Gasteiger partial charge in [-0.1, -0.05) is 45.0 Å². The van der Waals surface area contributed by atoms with Crippen LogP contribution in [0.1, 0.15) is 48.8 Å². The van der Waals surface area contributed by atoms with Crippen LogP contribution in [0.25, 0.3) is 22.3 Å². The fourth-order valence-electron chi connectivity index (χ4n) is 3.67. The number of fused-ring (bicyclic) bond motifs is 1. The topological polar surface area (TPSA) is 65.2 Å². The lowest BCUT2D eigenvalue weighted by molar-refractivity contribution is 0.421. The molecule has 0 aliphatic rings. The van der Waals surface area contributed by atoms with Gasteiger partial charge in [-0.25, -0.2) is 9.97 Å². The third kappa shape index (κ3) is 4.15. The largest absolute Gasteiger partial charge is 0.452 e. The summed E-state index contributed by atoms with van der Waals surface area (Å²) in [5, 5.41) is 0.475. The van der Waals surface area contributed by atoms with Crippen LogP contribution in [0, 0.1) is 27.7 Å². The van der Waals surface area contributed by atoms with Gasteiger partial charge in [0.1, 0.15) is 5.58 Å². The number of rotatable bonds is 3. The minimum Gasteiger partial charge on any atom is -0.452 e. The average molecular weight is 429 g/mol. The van der Waals surface area contributed by atoms with Crippen molar-refractivity contribution in [2.75, 3.05) is 0 Å². The van der Waals surface area contributed by atoms with Crippen LogP contribution in [-0.2, 0) is 5.41 Å². The van der Waals surface area contributed by atoms with E-state index in [9.17, 15) is 4.79 Å². The molecule has 2 heterocycles. The number of nitrogens with zero attached hydrogens (tertiary/aromatic N) is 2. The Morgan fingerprint density at radius 2 is 1.44 bits per heavy atom. The van der Waals surface area contributed by atoms with Crippen LogP contribution in [0.5, 0.6) is 11.8 Å². The van der Waals surface area contributed by atoms with E-state index in [0.29, 0.717) is 16.7 Å². The molecule has 32 heavy (non-hydrogen) atoms. The van der Waals surface area contributed by atoms with Gasteiger partial charge in [0, 0.05) is 17.0 Å². The van der Waals surface area contributed by atoms with Gasteiger partial charge in [0.2, 0.25) is 11.2 Å². The third-order valence-electron chi connectivity index (χ3n) is 5.63. The number of benzene rings is 2. The molecule has 0 spiro atoms. The molecule has 4 aromatic rings. The first-order valence-electron chi connectivity index (χ1n) is 10.7. The van der Waals surface area contributed by atoms with E-state index in [-0.39, 0.29) is 22.6 Å². The van der Waals surface area contributed by atoms with Gasteiger partial charge in [0.25, 0.3) is 0 Å². The van der Waals surface area contributed by atoms with E-state index in [4.69, 9.17) is 9.15 Å². The molecule has 0 fully saturated rings. The van der Waals surface area contributed by atoms with Crippen molar-refractivity contribution < 1.29 is 9.15 Å². The molecule has 5 heteroatoms. The minimum absolute atomic E-state index is 0.0175. The van der Waals surface area contributed by atoms with Crippen LogP contribution in [0.2, 0.25) is 0 Å². The zero-order chi connectivity index (χ0) is 23.2. The molecule has 0 aliphatic carbocycles. The fraction of sp³-hybridized carbons (Fsp3) is 0.296. The number of ether oxygens (including phenoxy) is 1. The summed E-state index contributed by atoms with van der Waals surface area (Å²) in [4.78, 5) is 22.2. The zero-order valence-electron chi connectivity index (χ0n) is 19.7. The summed E-state index contributed by atoms with van der Waals surface area (Å²) in [6, 6.07) is 13.8. The zero-order valence-corrected chi connectivity index (χ0v) is 19.7. The van der Waals surface area contributed by atoms with Gasteiger partial charge in [-0.05, 0) is 68.0 Å². The maximum Gasteiger partial charge on any atom is 0.322 e. The van der Waals surface area contributed by atoms with Gasteiger partial charge < -0.3 is 9.15 Å². The molecule has 0 aliphatic heterocycles. The summed E-state index contributed by atoms with van der Waals surface area (Å²) in [6.07, 6.45) is 0. The first kappa shape index (κ1) is 21.8. The Labute approximate surface area is 188 Å². The number of aromatic nitrogens is 2. The van der Waals surface area contributed by atoms with Crippen molar-refractivity contribution in [3.63, 3.8) is 0 Å². The fourth-order valence-corrected chi connectivity index (χ4v) is 3.67. The Kier molecular flexibility index (Phi) is 5.37. The van der Waals surface area contributed by atoms with E-state index >= 15 is 0 Å². The quantitative estimate of drug-likeness (QED) is 0.369. The van der Waals surface area contributed by atoms with Crippen LogP contribution in [0.4, 0.5) is 0 Å². The molecule has 0 unspecified atom stereocenters. The van der Waals surface area contributed by atoms with Crippen molar-refractivity contribution in [1.29, 1.82) is 0 Å².